The van der Waals surface area contributed by atoms with Crippen molar-refractivity contribution in [3.63, 3.8) is 0 Å². The molecule has 0 aromatic heterocycles. The van der Waals surface area contributed by atoms with Gasteiger partial charge in [-0.15, -0.1) is 0 Å². The lowest BCUT2D eigenvalue weighted by Gasteiger charge is -2.14. The van der Waals surface area contributed by atoms with Gasteiger partial charge in [0, 0.05) is 24.1 Å². The summed E-state index contributed by atoms with van der Waals surface area (Å²) in [4.78, 5) is 12.2. The van der Waals surface area contributed by atoms with Crippen LogP contribution in [0, 0.1) is 5.82 Å². The fourth-order valence-corrected chi connectivity index (χ4v) is 3.64. The van der Waals surface area contributed by atoms with Gasteiger partial charge in [-0.2, -0.15) is 0 Å². The molecule has 0 aliphatic heterocycles. The Kier molecular flexibility index (Phi) is 5.18. The van der Waals surface area contributed by atoms with Crippen molar-refractivity contribution in [1.29, 1.82) is 0 Å². The third-order valence-corrected chi connectivity index (χ3v) is 5.88. The highest BCUT2D eigenvalue weighted by Gasteiger charge is 2.22. The number of carbonyl (C=O) groups excluding carboxylic acids is 1. The summed E-state index contributed by atoms with van der Waals surface area (Å²) in [6.07, 6.45) is 0. The second-order valence-electron chi connectivity index (χ2n) is 4.87. The maximum Gasteiger partial charge on any atom is 0.255 e. The Morgan fingerprint density at radius 3 is 2.43 bits per heavy atom. The van der Waals surface area contributed by atoms with Crippen molar-refractivity contribution >= 4 is 37.5 Å². The second-order valence-corrected chi connectivity index (χ2v) is 7.84. The summed E-state index contributed by atoms with van der Waals surface area (Å²) in [6, 6.07) is 9.90. The van der Waals surface area contributed by atoms with Crippen LogP contribution in [-0.4, -0.2) is 32.7 Å². The minimum atomic E-state index is -3.71. The first-order chi connectivity index (χ1) is 10.7. The maximum absolute atomic E-state index is 13.6. The molecule has 0 heterocycles. The summed E-state index contributed by atoms with van der Waals surface area (Å²) in [7, 11) is -0.919. The van der Waals surface area contributed by atoms with E-state index in [-0.39, 0.29) is 16.1 Å². The lowest BCUT2D eigenvalue weighted by atomic mass is 10.2. The van der Waals surface area contributed by atoms with Gasteiger partial charge in [0.15, 0.2) is 0 Å². The first-order valence-corrected chi connectivity index (χ1v) is 8.74. The molecule has 0 bridgehead atoms. The number of nitrogens with zero attached hydrogens (tertiary/aromatic N) is 1. The lowest BCUT2D eigenvalue weighted by Crippen LogP contribution is -2.23. The topological polar surface area (TPSA) is 66.5 Å². The molecule has 0 unspecified atom stereocenters. The monoisotopic (exact) mass is 400 g/mol. The first-order valence-electron chi connectivity index (χ1n) is 6.51. The van der Waals surface area contributed by atoms with Gasteiger partial charge >= 0.3 is 0 Å². The highest BCUT2D eigenvalue weighted by Crippen LogP contribution is 2.26. The predicted molar refractivity (Wildman–Crippen MR) is 89.4 cm³/mol. The van der Waals surface area contributed by atoms with E-state index in [4.69, 9.17) is 0 Å². The van der Waals surface area contributed by atoms with Crippen LogP contribution in [0.15, 0.2) is 51.8 Å². The molecular formula is C15H14BrFN2O3S. The summed E-state index contributed by atoms with van der Waals surface area (Å²) in [5.41, 5.74) is 0.134. The number of para-hydroxylation sites is 1. The standard InChI is InChI=1S/C15H14BrFN2O3S/c1-19(2)23(21,22)14-9-10(7-8-11(14)16)15(20)18-13-6-4-3-5-12(13)17/h3-9H,1-2H3,(H,18,20). The van der Waals surface area contributed by atoms with Crippen LogP contribution < -0.4 is 5.32 Å². The van der Waals surface area contributed by atoms with E-state index in [1.807, 2.05) is 0 Å². The van der Waals surface area contributed by atoms with Crippen molar-refractivity contribution in [3.05, 3.63) is 58.3 Å². The fourth-order valence-electron chi connectivity index (χ4n) is 1.80. The summed E-state index contributed by atoms with van der Waals surface area (Å²) < 4.78 is 39.5. The minimum absolute atomic E-state index is 0.0254. The first kappa shape index (κ1) is 17.6. The lowest BCUT2D eigenvalue weighted by molar-refractivity contribution is 0.102. The number of halogens is 2. The molecule has 0 saturated carbocycles. The molecule has 8 heteroatoms. The predicted octanol–water partition coefficient (Wildman–Crippen LogP) is 3.09. The van der Waals surface area contributed by atoms with E-state index >= 15 is 0 Å². The van der Waals surface area contributed by atoms with Crippen molar-refractivity contribution < 1.29 is 17.6 Å². The highest BCUT2D eigenvalue weighted by atomic mass is 79.9. The summed E-state index contributed by atoms with van der Waals surface area (Å²) in [5.74, 6) is -1.17. The largest absolute Gasteiger partial charge is 0.319 e. The van der Waals surface area contributed by atoms with Crippen LogP contribution in [-0.2, 0) is 10.0 Å². The van der Waals surface area contributed by atoms with Crippen LogP contribution in [0.1, 0.15) is 10.4 Å². The van der Waals surface area contributed by atoms with Crippen molar-refractivity contribution in [3.8, 4) is 0 Å². The number of benzene rings is 2. The normalized spacial score (nSPS) is 11.5. The van der Waals surface area contributed by atoms with Crippen LogP contribution in [0.5, 0.6) is 0 Å². The molecule has 0 spiro atoms. The number of hydrogen-bond acceptors (Lipinski definition) is 3. The van der Waals surface area contributed by atoms with Gasteiger partial charge in [-0.3, -0.25) is 4.79 Å². The fraction of sp³-hybridized carbons (Fsp3) is 0.133. The van der Waals surface area contributed by atoms with E-state index in [9.17, 15) is 17.6 Å². The zero-order valence-electron chi connectivity index (χ0n) is 12.4. The SMILES string of the molecule is CN(C)S(=O)(=O)c1cc(C(=O)Nc2ccccc2F)ccc1Br. The number of carbonyl (C=O) groups is 1. The van der Waals surface area contributed by atoms with Crippen molar-refractivity contribution in [2.24, 2.45) is 0 Å². The molecule has 0 fully saturated rings. The van der Waals surface area contributed by atoms with Gasteiger partial charge in [0.2, 0.25) is 10.0 Å². The Morgan fingerprint density at radius 1 is 1.17 bits per heavy atom. The molecule has 0 atom stereocenters. The van der Waals surface area contributed by atoms with E-state index in [2.05, 4.69) is 21.2 Å². The van der Waals surface area contributed by atoms with Crippen LogP contribution in [0.25, 0.3) is 0 Å². The van der Waals surface area contributed by atoms with Crippen molar-refractivity contribution in [1.82, 2.24) is 4.31 Å². The minimum Gasteiger partial charge on any atom is -0.319 e. The molecule has 122 valence electrons. The molecule has 0 saturated heterocycles. The van der Waals surface area contributed by atoms with Crippen molar-refractivity contribution in [2.75, 3.05) is 19.4 Å². The Hall–Kier alpha value is -1.77. The van der Waals surface area contributed by atoms with Gasteiger partial charge in [-0.05, 0) is 46.3 Å². The molecule has 2 rings (SSSR count). The third kappa shape index (κ3) is 3.77. The molecule has 2 aromatic rings. The average molecular weight is 401 g/mol. The van der Waals surface area contributed by atoms with Crippen LogP contribution in [0.3, 0.4) is 0 Å². The maximum atomic E-state index is 13.6. The zero-order valence-corrected chi connectivity index (χ0v) is 14.8. The molecular weight excluding hydrogens is 387 g/mol. The van der Waals surface area contributed by atoms with E-state index < -0.39 is 21.7 Å². The number of sulfonamides is 1. The molecule has 0 aliphatic carbocycles. The van der Waals surface area contributed by atoms with Gasteiger partial charge in [-0.1, -0.05) is 12.1 Å². The highest BCUT2D eigenvalue weighted by molar-refractivity contribution is 9.10. The summed E-state index contributed by atoms with van der Waals surface area (Å²) in [5, 5.41) is 2.42. The Bertz CT molecular complexity index is 854. The quantitative estimate of drug-likeness (QED) is 0.857. The second kappa shape index (κ2) is 6.77. The number of hydrogen-bond donors (Lipinski definition) is 1. The van der Waals surface area contributed by atoms with Crippen molar-refractivity contribution in [2.45, 2.75) is 4.90 Å². The van der Waals surface area contributed by atoms with Gasteiger partial charge in [0.1, 0.15) is 5.82 Å². The molecule has 5 nitrogen and oxygen atoms in total. The van der Waals surface area contributed by atoms with E-state index in [1.165, 1.54) is 50.5 Å². The van der Waals surface area contributed by atoms with Crippen LogP contribution >= 0.6 is 15.9 Å². The molecule has 1 N–H and O–H groups in total. The van der Waals surface area contributed by atoms with Crippen LogP contribution in [0.4, 0.5) is 10.1 Å². The van der Waals surface area contributed by atoms with E-state index in [0.29, 0.717) is 4.47 Å². The van der Waals surface area contributed by atoms with Gasteiger partial charge < -0.3 is 5.32 Å². The smallest absolute Gasteiger partial charge is 0.255 e. The van der Waals surface area contributed by atoms with Gasteiger partial charge in [-0.25, -0.2) is 17.1 Å². The molecule has 23 heavy (non-hydrogen) atoms. The number of rotatable bonds is 4. The zero-order chi connectivity index (χ0) is 17.2. The van der Waals surface area contributed by atoms with E-state index in [0.717, 1.165) is 4.31 Å². The molecule has 1 amide bonds. The van der Waals surface area contributed by atoms with Gasteiger partial charge in [0.05, 0.1) is 10.6 Å². The third-order valence-electron chi connectivity index (χ3n) is 3.07. The molecule has 2 aromatic carbocycles. The average Bonchev–Trinajstić information content (AvgIpc) is 2.49. The van der Waals surface area contributed by atoms with Crippen LogP contribution in [0.2, 0.25) is 0 Å². The summed E-state index contributed by atoms with van der Waals surface area (Å²) in [6.45, 7) is 0. The number of nitrogens with one attached hydrogen (secondary N) is 1. The number of amides is 1. The van der Waals surface area contributed by atoms with E-state index in [1.54, 1.807) is 6.07 Å². The summed E-state index contributed by atoms with van der Waals surface area (Å²) >= 11 is 3.16. The molecule has 0 radical (unpaired) electrons. The number of anilines is 1. The molecule has 0 aliphatic rings. The Labute approximate surface area is 142 Å². The van der Waals surface area contributed by atoms with Gasteiger partial charge in [0.25, 0.3) is 5.91 Å². The Balaban J connectivity index is 2.38. The Morgan fingerprint density at radius 2 is 1.83 bits per heavy atom.